The van der Waals surface area contributed by atoms with E-state index in [0.717, 1.165) is 57.8 Å². The molecular formula is C76H144O6. The summed E-state index contributed by atoms with van der Waals surface area (Å²) in [5, 5.41) is 0. The maximum absolute atomic E-state index is 13.0. The number of rotatable bonds is 70. The summed E-state index contributed by atoms with van der Waals surface area (Å²) in [5.74, 6) is -0.831. The molecule has 0 N–H and O–H groups in total. The zero-order valence-electron chi connectivity index (χ0n) is 55.8. The van der Waals surface area contributed by atoms with Crippen molar-refractivity contribution in [3.05, 3.63) is 24.3 Å². The molecule has 0 heterocycles. The number of ether oxygens (including phenoxy) is 3. The Labute approximate surface area is 513 Å². The molecule has 6 nitrogen and oxygen atoms in total. The lowest BCUT2D eigenvalue weighted by Gasteiger charge is -2.18. The normalized spacial score (nSPS) is 12.1. The van der Waals surface area contributed by atoms with Crippen LogP contribution in [0.5, 0.6) is 0 Å². The minimum absolute atomic E-state index is 0.0652. The lowest BCUT2D eigenvalue weighted by atomic mass is 10.0. The van der Waals surface area contributed by atoms with E-state index in [9.17, 15) is 14.4 Å². The van der Waals surface area contributed by atoms with Crippen LogP contribution in [-0.2, 0) is 28.6 Å². The van der Waals surface area contributed by atoms with Gasteiger partial charge in [0, 0.05) is 19.3 Å². The van der Waals surface area contributed by atoms with Gasteiger partial charge < -0.3 is 14.2 Å². The second-order valence-corrected chi connectivity index (χ2v) is 25.6. The van der Waals surface area contributed by atoms with E-state index in [-0.39, 0.29) is 31.1 Å². The largest absolute Gasteiger partial charge is 0.462 e. The topological polar surface area (TPSA) is 78.9 Å². The third-order valence-corrected chi connectivity index (χ3v) is 17.2. The van der Waals surface area contributed by atoms with E-state index in [2.05, 4.69) is 45.1 Å². The zero-order valence-corrected chi connectivity index (χ0v) is 55.8. The van der Waals surface area contributed by atoms with Crippen molar-refractivity contribution in [1.29, 1.82) is 0 Å². The maximum atomic E-state index is 13.0. The zero-order chi connectivity index (χ0) is 59.2. The van der Waals surface area contributed by atoms with Crippen molar-refractivity contribution in [3.8, 4) is 0 Å². The summed E-state index contributed by atoms with van der Waals surface area (Å²) in [6.45, 7) is 6.73. The van der Waals surface area contributed by atoms with E-state index >= 15 is 0 Å². The second-order valence-electron chi connectivity index (χ2n) is 25.6. The van der Waals surface area contributed by atoms with Gasteiger partial charge in [0.1, 0.15) is 13.2 Å². The number of unbranched alkanes of at least 4 members (excludes halogenated alkanes) is 55. The highest BCUT2D eigenvalue weighted by molar-refractivity contribution is 5.71. The standard InChI is InChI=1S/C76H144O6/c1-4-7-10-13-16-19-22-25-28-31-33-34-35-36-37-38-39-40-41-42-44-45-48-51-54-57-60-63-66-69-75(78)81-72-73(71-80-74(77)68-65-62-59-56-53-50-47-30-27-24-21-18-15-12-9-6-3)82-76(79)70-67-64-61-58-55-52-49-46-43-32-29-26-23-20-17-14-11-8-5-2/h26,29,31,33,73H,4-25,27-28,30,32,34-72H2,1-3H3/b29-26-,33-31-. The van der Waals surface area contributed by atoms with Crippen molar-refractivity contribution >= 4 is 17.9 Å². The monoisotopic (exact) mass is 1150 g/mol. The van der Waals surface area contributed by atoms with E-state index in [1.165, 1.54) is 327 Å². The lowest BCUT2D eigenvalue weighted by molar-refractivity contribution is -0.167. The highest BCUT2D eigenvalue weighted by atomic mass is 16.6. The smallest absolute Gasteiger partial charge is 0.306 e. The van der Waals surface area contributed by atoms with E-state index in [1.54, 1.807) is 0 Å². The molecule has 0 rings (SSSR count). The fourth-order valence-corrected chi connectivity index (χ4v) is 11.6. The quantitative estimate of drug-likeness (QED) is 0.0261. The molecule has 0 aliphatic heterocycles. The summed E-state index contributed by atoms with van der Waals surface area (Å²) < 4.78 is 17.0. The average molecular weight is 1150 g/mol. The average Bonchev–Trinajstić information content (AvgIpc) is 3.47. The molecule has 0 aliphatic carbocycles. The molecule has 1 unspecified atom stereocenters. The number of hydrogen-bond acceptors (Lipinski definition) is 6. The van der Waals surface area contributed by atoms with Crippen molar-refractivity contribution in [1.82, 2.24) is 0 Å². The summed E-state index contributed by atoms with van der Waals surface area (Å²) in [7, 11) is 0. The summed E-state index contributed by atoms with van der Waals surface area (Å²) in [5.41, 5.74) is 0. The van der Waals surface area contributed by atoms with Crippen molar-refractivity contribution < 1.29 is 28.6 Å². The minimum Gasteiger partial charge on any atom is -0.462 e. The van der Waals surface area contributed by atoms with E-state index in [1.807, 2.05) is 0 Å². The Balaban J connectivity index is 4.21. The Kier molecular flexibility index (Phi) is 69.5. The Hall–Kier alpha value is -2.11. The fraction of sp³-hybridized carbons (Fsp3) is 0.908. The van der Waals surface area contributed by atoms with Crippen molar-refractivity contribution in [2.75, 3.05) is 13.2 Å². The van der Waals surface area contributed by atoms with Gasteiger partial charge in [-0.05, 0) is 70.6 Å². The molecule has 484 valence electrons. The van der Waals surface area contributed by atoms with Crippen LogP contribution in [-0.4, -0.2) is 37.2 Å². The molecule has 0 amide bonds. The van der Waals surface area contributed by atoms with E-state index in [0.29, 0.717) is 19.3 Å². The van der Waals surface area contributed by atoms with Crippen LogP contribution in [0.25, 0.3) is 0 Å². The predicted molar refractivity (Wildman–Crippen MR) is 358 cm³/mol. The summed E-state index contributed by atoms with van der Waals surface area (Å²) in [6.07, 6.45) is 87.9. The lowest BCUT2D eigenvalue weighted by Crippen LogP contribution is -2.30. The first-order chi connectivity index (χ1) is 40.5. The van der Waals surface area contributed by atoms with Crippen LogP contribution in [0.3, 0.4) is 0 Å². The molecule has 0 bridgehead atoms. The first-order valence-electron chi connectivity index (χ1n) is 37.3. The molecule has 0 aromatic carbocycles. The van der Waals surface area contributed by atoms with Gasteiger partial charge in [-0.25, -0.2) is 0 Å². The van der Waals surface area contributed by atoms with Gasteiger partial charge in [0.15, 0.2) is 6.10 Å². The van der Waals surface area contributed by atoms with Gasteiger partial charge >= 0.3 is 17.9 Å². The van der Waals surface area contributed by atoms with Crippen molar-refractivity contribution in [2.45, 2.75) is 431 Å². The molecule has 0 aromatic heterocycles. The summed E-state index contributed by atoms with van der Waals surface area (Å²) in [4.78, 5) is 38.5. The SMILES string of the molecule is CCCCCCCC/C=C\CCCCCCCCCCCC(=O)OC(COC(=O)CCCCCCCCCCCCCCCCCC)COC(=O)CCCCCCCCCCCCCCCCCCC/C=C\CCCCCCCCCC. The molecule has 0 aromatic rings. The van der Waals surface area contributed by atoms with Gasteiger partial charge in [-0.3, -0.25) is 14.4 Å². The molecule has 0 saturated heterocycles. The van der Waals surface area contributed by atoms with Crippen LogP contribution in [0.2, 0.25) is 0 Å². The summed E-state index contributed by atoms with van der Waals surface area (Å²) in [6, 6.07) is 0. The van der Waals surface area contributed by atoms with E-state index in [4.69, 9.17) is 14.2 Å². The number of esters is 3. The van der Waals surface area contributed by atoms with Gasteiger partial charge in [-0.15, -0.1) is 0 Å². The van der Waals surface area contributed by atoms with Gasteiger partial charge in [0.2, 0.25) is 0 Å². The number of carbonyl (C=O) groups excluding carboxylic acids is 3. The fourth-order valence-electron chi connectivity index (χ4n) is 11.6. The van der Waals surface area contributed by atoms with Crippen molar-refractivity contribution in [2.24, 2.45) is 0 Å². The Morgan fingerprint density at radius 1 is 0.232 bits per heavy atom. The van der Waals surface area contributed by atoms with Crippen LogP contribution in [0.15, 0.2) is 24.3 Å². The second kappa shape index (κ2) is 71.4. The minimum atomic E-state index is -0.770. The van der Waals surface area contributed by atoms with Crippen LogP contribution in [0.1, 0.15) is 425 Å². The first kappa shape index (κ1) is 79.9. The molecule has 82 heavy (non-hydrogen) atoms. The highest BCUT2D eigenvalue weighted by Crippen LogP contribution is 2.19. The summed E-state index contributed by atoms with van der Waals surface area (Å²) >= 11 is 0. The molecule has 0 aliphatic rings. The van der Waals surface area contributed by atoms with Crippen LogP contribution >= 0.6 is 0 Å². The maximum Gasteiger partial charge on any atom is 0.306 e. The molecular weight excluding hydrogens is 1010 g/mol. The van der Waals surface area contributed by atoms with Crippen LogP contribution < -0.4 is 0 Å². The molecule has 0 saturated carbocycles. The Morgan fingerprint density at radius 3 is 0.610 bits per heavy atom. The van der Waals surface area contributed by atoms with Gasteiger partial charge in [-0.1, -0.05) is 360 Å². The van der Waals surface area contributed by atoms with Gasteiger partial charge in [0.25, 0.3) is 0 Å². The van der Waals surface area contributed by atoms with Gasteiger partial charge in [0.05, 0.1) is 0 Å². The van der Waals surface area contributed by atoms with Gasteiger partial charge in [-0.2, -0.15) is 0 Å². The Bertz CT molecular complexity index is 1320. The third kappa shape index (κ3) is 68.7. The molecule has 1 atom stereocenters. The molecule has 0 fully saturated rings. The first-order valence-corrected chi connectivity index (χ1v) is 37.3. The van der Waals surface area contributed by atoms with Crippen LogP contribution in [0, 0.1) is 0 Å². The highest BCUT2D eigenvalue weighted by Gasteiger charge is 2.20. The molecule has 0 radical (unpaired) electrons. The number of carbonyl (C=O) groups is 3. The third-order valence-electron chi connectivity index (χ3n) is 17.2. The predicted octanol–water partition coefficient (Wildman–Crippen LogP) is 25.7. The number of allylic oxidation sites excluding steroid dienone is 4. The number of hydrogen-bond donors (Lipinski definition) is 0. The van der Waals surface area contributed by atoms with E-state index < -0.39 is 6.10 Å². The molecule has 0 spiro atoms. The van der Waals surface area contributed by atoms with Crippen molar-refractivity contribution in [3.63, 3.8) is 0 Å². The Morgan fingerprint density at radius 2 is 0.402 bits per heavy atom. The van der Waals surface area contributed by atoms with Crippen LogP contribution in [0.4, 0.5) is 0 Å². The molecule has 6 heteroatoms.